The molecule has 3 rings (SSSR count). The molecule has 0 aliphatic heterocycles. The number of rotatable bonds is 7. The first kappa shape index (κ1) is 16.2. The molecule has 0 radical (unpaired) electrons. The van der Waals surface area contributed by atoms with E-state index in [1.165, 1.54) is 35.4 Å². The molecule has 3 aromatic heterocycles. The molecule has 0 spiro atoms. The van der Waals surface area contributed by atoms with Crippen molar-refractivity contribution in [1.29, 1.82) is 0 Å². The van der Waals surface area contributed by atoms with Crippen LogP contribution in [0.2, 0.25) is 0 Å². The number of unbranched alkanes of at least 4 members (excludes halogenated alkanes) is 3. The van der Waals surface area contributed by atoms with Crippen LogP contribution in [0.1, 0.15) is 37.5 Å². The molecule has 0 aliphatic rings. The molecule has 0 N–H and O–H groups in total. The van der Waals surface area contributed by atoms with Crippen LogP contribution in [-0.4, -0.2) is 0 Å². The highest BCUT2D eigenvalue weighted by Gasteiger charge is 2.12. The SMILES string of the molecule is CCCCCCc1ccc(-c2ccc(-c3cccs3)[n+]([O-])c2)s1. The number of aromatic nitrogens is 1. The van der Waals surface area contributed by atoms with E-state index in [2.05, 4.69) is 25.1 Å². The lowest BCUT2D eigenvalue weighted by molar-refractivity contribution is -0.592. The van der Waals surface area contributed by atoms with Crippen molar-refractivity contribution in [1.82, 2.24) is 0 Å². The number of hydrogen-bond acceptors (Lipinski definition) is 3. The summed E-state index contributed by atoms with van der Waals surface area (Å²) in [5.41, 5.74) is 1.73. The number of nitrogens with zero attached hydrogens (tertiary/aromatic N) is 1. The van der Waals surface area contributed by atoms with Crippen LogP contribution in [0, 0.1) is 5.21 Å². The van der Waals surface area contributed by atoms with Gasteiger partial charge < -0.3 is 5.21 Å². The van der Waals surface area contributed by atoms with Gasteiger partial charge in [-0.25, -0.2) is 0 Å². The highest BCUT2D eigenvalue weighted by atomic mass is 32.1. The largest absolute Gasteiger partial charge is 0.618 e. The molecule has 0 aliphatic carbocycles. The van der Waals surface area contributed by atoms with Gasteiger partial charge in [-0.1, -0.05) is 32.3 Å². The predicted octanol–water partition coefficient (Wildman–Crippen LogP) is 5.90. The Labute approximate surface area is 145 Å². The summed E-state index contributed by atoms with van der Waals surface area (Å²) in [4.78, 5) is 3.60. The molecule has 0 unspecified atom stereocenters. The van der Waals surface area contributed by atoms with Crippen molar-refractivity contribution >= 4 is 22.7 Å². The summed E-state index contributed by atoms with van der Waals surface area (Å²) in [5.74, 6) is 0. The van der Waals surface area contributed by atoms with Gasteiger partial charge in [-0.05, 0) is 42.5 Å². The van der Waals surface area contributed by atoms with E-state index < -0.39 is 0 Å². The van der Waals surface area contributed by atoms with Gasteiger partial charge in [0.05, 0.1) is 10.4 Å². The third kappa shape index (κ3) is 4.01. The molecule has 3 aromatic rings. The molecule has 0 saturated carbocycles. The van der Waals surface area contributed by atoms with Crippen molar-refractivity contribution in [2.75, 3.05) is 0 Å². The van der Waals surface area contributed by atoms with Crippen LogP contribution < -0.4 is 4.73 Å². The van der Waals surface area contributed by atoms with Gasteiger partial charge in [0.25, 0.3) is 0 Å². The molecular weight excluding hydrogens is 322 g/mol. The van der Waals surface area contributed by atoms with Crippen molar-refractivity contribution in [3.63, 3.8) is 0 Å². The Morgan fingerprint density at radius 3 is 2.65 bits per heavy atom. The maximum atomic E-state index is 12.3. The lowest BCUT2D eigenvalue weighted by Crippen LogP contribution is -2.28. The Hall–Kier alpha value is -1.65. The zero-order valence-corrected chi connectivity index (χ0v) is 15.0. The summed E-state index contributed by atoms with van der Waals surface area (Å²) >= 11 is 3.40. The standard InChI is InChI=1S/C19H21NOS2/c1-2-3-4-5-7-16-10-12-18(23-16)15-9-11-17(20(21)14-15)19-8-6-13-22-19/h6,8-14H,2-5,7H2,1H3. The highest BCUT2D eigenvalue weighted by molar-refractivity contribution is 7.15. The van der Waals surface area contributed by atoms with E-state index in [4.69, 9.17) is 0 Å². The van der Waals surface area contributed by atoms with Crippen LogP contribution in [0.25, 0.3) is 21.0 Å². The molecule has 0 amide bonds. The first-order valence-electron chi connectivity index (χ1n) is 8.14. The Balaban J connectivity index is 1.72. The second kappa shape index (κ2) is 7.75. The second-order valence-electron chi connectivity index (χ2n) is 5.68. The molecule has 4 heteroatoms. The topological polar surface area (TPSA) is 26.9 Å². The summed E-state index contributed by atoms with van der Waals surface area (Å²) in [7, 11) is 0. The fourth-order valence-corrected chi connectivity index (χ4v) is 4.41. The Bertz CT molecular complexity index is 747. The van der Waals surface area contributed by atoms with Crippen LogP contribution in [-0.2, 0) is 6.42 Å². The van der Waals surface area contributed by atoms with Gasteiger partial charge in [0.2, 0.25) is 5.69 Å². The zero-order valence-electron chi connectivity index (χ0n) is 13.3. The molecular formula is C19H21NOS2. The van der Waals surface area contributed by atoms with Crippen molar-refractivity contribution in [3.05, 3.63) is 58.1 Å². The van der Waals surface area contributed by atoms with E-state index in [1.54, 1.807) is 28.9 Å². The Kier molecular flexibility index (Phi) is 5.47. The summed E-state index contributed by atoms with van der Waals surface area (Å²) in [6.07, 6.45) is 8.00. The molecule has 0 atom stereocenters. The molecule has 120 valence electrons. The molecule has 0 bridgehead atoms. The molecule has 23 heavy (non-hydrogen) atoms. The smallest absolute Gasteiger partial charge is 0.233 e. The van der Waals surface area contributed by atoms with E-state index in [-0.39, 0.29) is 0 Å². The van der Waals surface area contributed by atoms with Crippen molar-refractivity contribution in [3.8, 4) is 21.0 Å². The predicted molar refractivity (Wildman–Crippen MR) is 99.9 cm³/mol. The van der Waals surface area contributed by atoms with Crippen LogP contribution in [0.5, 0.6) is 0 Å². The van der Waals surface area contributed by atoms with Crippen LogP contribution >= 0.6 is 22.7 Å². The third-order valence-corrected chi connectivity index (χ3v) is 6.00. The van der Waals surface area contributed by atoms with Crippen molar-refractivity contribution in [2.45, 2.75) is 39.0 Å². The summed E-state index contributed by atoms with van der Waals surface area (Å²) < 4.78 is 0.988. The molecule has 0 aromatic carbocycles. The number of hydrogen-bond donors (Lipinski definition) is 0. The van der Waals surface area contributed by atoms with E-state index in [9.17, 15) is 5.21 Å². The second-order valence-corrected chi connectivity index (χ2v) is 7.80. The average molecular weight is 344 g/mol. The van der Waals surface area contributed by atoms with Gasteiger partial charge in [0.15, 0.2) is 6.20 Å². The lowest BCUT2D eigenvalue weighted by Gasteiger charge is -2.04. The minimum Gasteiger partial charge on any atom is -0.618 e. The van der Waals surface area contributed by atoms with Crippen molar-refractivity contribution in [2.24, 2.45) is 0 Å². The van der Waals surface area contributed by atoms with Gasteiger partial charge >= 0.3 is 0 Å². The quantitative estimate of drug-likeness (QED) is 0.298. The van der Waals surface area contributed by atoms with Crippen LogP contribution in [0.15, 0.2) is 48.0 Å². The van der Waals surface area contributed by atoms with E-state index >= 15 is 0 Å². The fourth-order valence-electron chi connectivity index (χ4n) is 2.64. The Morgan fingerprint density at radius 2 is 1.91 bits per heavy atom. The number of thiophene rings is 2. The number of aryl methyl sites for hydroxylation is 1. The normalized spacial score (nSPS) is 11.0. The lowest BCUT2D eigenvalue weighted by atomic mass is 10.1. The zero-order chi connectivity index (χ0) is 16.1. The maximum Gasteiger partial charge on any atom is 0.233 e. The maximum absolute atomic E-state index is 12.3. The number of pyridine rings is 1. The summed E-state index contributed by atoms with van der Waals surface area (Å²) in [6, 6.07) is 12.3. The Morgan fingerprint density at radius 1 is 1.00 bits per heavy atom. The van der Waals surface area contributed by atoms with E-state index in [0.717, 1.165) is 27.3 Å². The molecule has 0 fully saturated rings. The van der Waals surface area contributed by atoms with Crippen molar-refractivity contribution < 1.29 is 4.73 Å². The van der Waals surface area contributed by atoms with Crippen LogP contribution in [0.3, 0.4) is 0 Å². The molecule has 3 heterocycles. The molecule has 2 nitrogen and oxygen atoms in total. The first-order chi connectivity index (χ1) is 11.3. The summed E-state index contributed by atoms with van der Waals surface area (Å²) in [6.45, 7) is 2.24. The minimum atomic E-state index is 0.722. The van der Waals surface area contributed by atoms with Gasteiger partial charge in [-0.15, -0.1) is 22.7 Å². The van der Waals surface area contributed by atoms with Gasteiger partial charge in [0.1, 0.15) is 0 Å². The van der Waals surface area contributed by atoms with Gasteiger partial charge in [-0.2, -0.15) is 4.73 Å². The minimum absolute atomic E-state index is 0.722. The first-order valence-corrected chi connectivity index (χ1v) is 9.83. The van der Waals surface area contributed by atoms with Gasteiger partial charge in [-0.3, -0.25) is 0 Å². The highest BCUT2D eigenvalue weighted by Crippen LogP contribution is 2.30. The third-order valence-electron chi connectivity index (χ3n) is 3.91. The van der Waals surface area contributed by atoms with Crippen LogP contribution in [0.4, 0.5) is 0 Å². The monoisotopic (exact) mass is 343 g/mol. The fraction of sp³-hybridized carbons (Fsp3) is 0.316. The average Bonchev–Trinajstić information content (AvgIpc) is 3.23. The van der Waals surface area contributed by atoms with E-state index in [1.807, 2.05) is 23.6 Å². The summed E-state index contributed by atoms with van der Waals surface area (Å²) in [5, 5.41) is 14.3. The van der Waals surface area contributed by atoms with E-state index in [0.29, 0.717) is 0 Å². The molecule has 0 saturated heterocycles. The van der Waals surface area contributed by atoms with Gasteiger partial charge in [0, 0.05) is 15.8 Å².